The zero-order chi connectivity index (χ0) is 9.20. The molecule has 0 heterocycles. The third-order valence-corrected chi connectivity index (χ3v) is 3.38. The molecule has 0 bridgehead atoms. The molecular weight excluding hydrogens is 166 g/mol. The Labute approximate surface area is 68.6 Å². The van der Waals surface area contributed by atoms with Crippen LogP contribution in [0.3, 0.4) is 0 Å². The van der Waals surface area contributed by atoms with Crippen LogP contribution in [0.5, 0.6) is 0 Å². The minimum atomic E-state index is -2.97. The van der Waals surface area contributed by atoms with E-state index in [4.69, 9.17) is 5.11 Å². The van der Waals surface area contributed by atoms with Crippen molar-refractivity contribution >= 4 is 5.97 Å². The molecule has 4 heteroatoms. The third-order valence-electron chi connectivity index (χ3n) is 3.38. The molecule has 68 valence electrons. The molecule has 2 fully saturated rings. The van der Waals surface area contributed by atoms with Gasteiger partial charge in [-0.1, -0.05) is 6.92 Å². The Morgan fingerprint density at radius 3 is 1.92 bits per heavy atom. The molecule has 1 atom stereocenters. The highest BCUT2D eigenvalue weighted by molar-refractivity contribution is 5.82. The Kier molecular flexibility index (Phi) is 1.09. The predicted octanol–water partition coefficient (Wildman–Crippen LogP) is 1.90. The first-order valence-corrected chi connectivity index (χ1v) is 3.97. The van der Waals surface area contributed by atoms with E-state index in [1.54, 1.807) is 6.92 Å². The Bertz CT molecular complexity index is 258. The van der Waals surface area contributed by atoms with Gasteiger partial charge in [0.2, 0.25) is 0 Å². The van der Waals surface area contributed by atoms with Crippen molar-refractivity contribution < 1.29 is 18.7 Å². The molecule has 2 rings (SSSR count). The number of carboxylic acids is 1. The Balaban J connectivity index is 2.34. The summed E-state index contributed by atoms with van der Waals surface area (Å²) in [6, 6.07) is 0. The first kappa shape index (κ1) is 7.95. The summed E-state index contributed by atoms with van der Waals surface area (Å²) in [5.74, 6) is -4.29. The van der Waals surface area contributed by atoms with Crippen LogP contribution in [0.2, 0.25) is 0 Å². The summed E-state index contributed by atoms with van der Waals surface area (Å²) in [6.45, 7) is 1.64. The van der Waals surface area contributed by atoms with Gasteiger partial charge in [-0.15, -0.1) is 0 Å². The van der Waals surface area contributed by atoms with Crippen molar-refractivity contribution in [1.82, 2.24) is 0 Å². The number of rotatable bonds is 2. The van der Waals surface area contributed by atoms with Crippen LogP contribution in [0.4, 0.5) is 8.78 Å². The quantitative estimate of drug-likeness (QED) is 0.697. The van der Waals surface area contributed by atoms with Crippen LogP contribution < -0.4 is 0 Å². The molecule has 0 aromatic carbocycles. The van der Waals surface area contributed by atoms with Crippen LogP contribution in [0.25, 0.3) is 0 Å². The SMILES string of the molecule is CC1(C2(C(=O)O)CC2(F)F)CC1. The first-order chi connectivity index (χ1) is 5.36. The second-order valence-electron chi connectivity index (χ2n) is 4.15. The smallest absolute Gasteiger partial charge is 0.316 e. The fraction of sp³-hybridized carbons (Fsp3) is 0.875. The van der Waals surface area contributed by atoms with Crippen molar-refractivity contribution in [1.29, 1.82) is 0 Å². The molecule has 2 aliphatic rings. The maximum atomic E-state index is 12.9. The first-order valence-electron chi connectivity index (χ1n) is 3.97. The lowest BCUT2D eigenvalue weighted by atomic mass is 9.87. The van der Waals surface area contributed by atoms with Crippen molar-refractivity contribution in [3.8, 4) is 0 Å². The summed E-state index contributed by atoms with van der Waals surface area (Å²) in [5.41, 5.74) is -2.36. The summed E-state index contributed by atoms with van der Waals surface area (Å²) in [5, 5.41) is 8.74. The van der Waals surface area contributed by atoms with Crippen molar-refractivity contribution in [2.75, 3.05) is 0 Å². The molecule has 2 nitrogen and oxygen atoms in total. The highest BCUT2D eigenvalue weighted by Crippen LogP contribution is 2.77. The van der Waals surface area contributed by atoms with E-state index in [2.05, 4.69) is 0 Å². The van der Waals surface area contributed by atoms with E-state index in [0.717, 1.165) is 0 Å². The number of halogens is 2. The molecule has 0 saturated heterocycles. The van der Waals surface area contributed by atoms with Gasteiger partial charge < -0.3 is 5.11 Å². The number of carboxylic acid groups (broad SMARTS) is 1. The van der Waals surface area contributed by atoms with Crippen LogP contribution in [0.1, 0.15) is 26.2 Å². The number of carbonyl (C=O) groups is 1. The van der Waals surface area contributed by atoms with E-state index in [-0.39, 0.29) is 0 Å². The van der Waals surface area contributed by atoms with E-state index < -0.39 is 29.1 Å². The van der Waals surface area contributed by atoms with Crippen LogP contribution in [0, 0.1) is 10.8 Å². The lowest BCUT2D eigenvalue weighted by Gasteiger charge is -2.17. The molecule has 0 aromatic heterocycles. The Morgan fingerprint density at radius 2 is 1.83 bits per heavy atom. The summed E-state index contributed by atoms with van der Waals surface area (Å²) in [4.78, 5) is 10.7. The van der Waals surface area contributed by atoms with E-state index in [1.807, 2.05) is 0 Å². The van der Waals surface area contributed by atoms with E-state index in [9.17, 15) is 13.6 Å². The van der Waals surface area contributed by atoms with Gasteiger partial charge in [0, 0.05) is 6.42 Å². The Hall–Kier alpha value is -0.670. The summed E-state index contributed by atoms with van der Waals surface area (Å²) in [6.07, 6.45) is 0.773. The molecule has 1 N–H and O–H groups in total. The molecule has 0 amide bonds. The standard InChI is InChI=1S/C8H10F2O2/c1-6(2-3-6)7(5(11)12)4-8(7,9)10/h2-4H2,1H3,(H,11,12). The average Bonchev–Trinajstić information content (AvgIpc) is 2.72. The maximum absolute atomic E-state index is 12.9. The van der Waals surface area contributed by atoms with Gasteiger partial charge in [-0.2, -0.15) is 0 Å². The van der Waals surface area contributed by atoms with Crippen LogP contribution in [-0.2, 0) is 4.79 Å². The average molecular weight is 176 g/mol. The molecule has 1 unspecified atom stereocenters. The zero-order valence-corrected chi connectivity index (χ0v) is 6.73. The third kappa shape index (κ3) is 0.619. The normalized spacial score (nSPS) is 40.6. The van der Waals surface area contributed by atoms with Gasteiger partial charge in [0.05, 0.1) is 0 Å². The van der Waals surface area contributed by atoms with Gasteiger partial charge in [0.25, 0.3) is 5.92 Å². The number of alkyl halides is 2. The molecule has 0 aliphatic heterocycles. The highest BCUT2D eigenvalue weighted by atomic mass is 19.3. The Morgan fingerprint density at radius 1 is 1.42 bits per heavy atom. The van der Waals surface area contributed by atoms with Crippen LogP contribution >= 0.6 is 0 Å². The fourth-order valence-corrected chi connectivity index (χ4v) is 2.05. The van der Waals surface area contributed by atoms with Gasteiger partial charge in [0.1, 0.15) is 5.41 Å². The number of hydrogen-bond donors (Lipinski definition) is 1. The minimum Gasteiger partial charge on any atom is -0.481 e. The molecule has 0 aromatic rings. The lowest BCUT2D eigenvalue weighted by molar-refractivity contribution is -0.151. The predicted molar refractivity (Wildman–Crippen MR) is 37.0 cm³/mol. The summed E-state index contributed by atoms with van der Waals surface area (Å²) >= 11 is 0. The second kappa shape index (κ2) is 1.65. The highest BCUT2D eigenvalue weighted by Gasteiger charge is 2.85. The van der Waals surface area contributed by atoms with Crippen LogP contribution in [0.15, 0.2) is 0 Å². The van der Waals surface area contributed by atoms with Crippen molar-refractivity contribution in [2.24, 2.45) is 10.8 Å². The van der Waals surface area contributed by atoms with Crippen molar-refractivity contribution in [3.63, 3.8) is 0 Å². The van der Waals surface area contributed by atoms with Gasteiger partial charge in [0.15, 0.2) is 0 Å². The van der Waals surface area contributed by atoms with Crippen LogP contribution in [-0.4, -0.2) is 17.0 Å². The molecule has 2 saturated carbocycles. The van der Waals surface area contributed by atoms with Gasteiger partial charge in [-0.25, -0.2) is 8.78 Å². The molecular formula is C8H10F2O2. The van der Waals surface area contributed by atoms with Gasteiger partial charge >= 0.3 is 5.97 Å². The summed E-state index contributed by atoms with van der Waals surface area (Å²) in [7, 11) is 0. The lowest BCUT2D eigenvalue weighted by Crippen LogP contribution is -2.30. The van der Waals surface area contributed by atoms with E-state index >= 15 is 0 Å². The van der Waals surface area contributed by atoms with E-state index in [1.165, 1.54) is 0 Å². The molecule has 12 heavy (non-hydrogen) atoms. The largest absolute Gasteiger partial charge is 0.481 e. The molecule has 0 spiro atoms. The number of hydrogen-bond acceptors (Lipinski definition) is 1. The monoisotopic (exact) mass is 176 g/mol. The fourth-order valence-electron chi connectivity index (χ4n) is 2.05. The summed E-state index contributed by atoms with van der Waals surface area (Å²) < 4.78 is 25.7. The molecule has 2 aliphatic carbocycles. The maximum Gasteiger partial charge on any atom is 0.316 e. The molecule has 0 radical (unpaired) electrons. The minimum absolute atomic E-state index is 0.466. The number of aliphatic carboxylic acids is 1. The zero-order valence-electron chi connectivity index (χ0n) is 6.73. The van der Waals surface area contributed by atoms with E-state index in [0.29, 0.717) is 12.8 Å². The van der Waals surface area contributed by atoms with Gasteiger partial charge in [-0.3, -0.25) is 4.79 Å². The van der Waals surface area contributed by atoms with Crippen molar-refractivity contribution in [2.45, 2.75) is 32.1 Å². The second-order valence-corrected chi connectivity index (χ2v) is 4.15. The van der Waals surface area contributed by atoms with Gasteiger partial charge in [-0.05, 0) is 18.3 Å². The van der Waals surface area contributed by atoms with Crippen molar-refractivity contribution in [3.05, 3.63) is 0 Å². The topological polar surface area (TPSA) is 37.3 Å².